The largest absolute Gasteiger partial charge is 0.326 e. The SMILES string of the molecule is Cc1ccc(-c2csc(-n3nc(C)c(CC(=O)Nc4ccc(F)cc4)c3C)n2)cc1. The summed E-state index contributed by atoms with van der Waals surface area (Å²) in [7, 11) is 0. The van der Waals surface area contributed by atoms with Crippen LogP contribution < -0.4 is 5.32 Å². The van der Waals surface area contributed by atoms with E-state index in [-0.39, 0.29) is 18.1 Å². The van der Waals surface area contributed by atoms with Gasteiger partial charge in [0, 0.05) is 27.9 Å². The summed E-state index contributed by atoms with van der Waals surface area (Å²) in [6.45, 7) is 5.88. The Morgan fingerprint density at radius 1 is 1.07 bits per heavy atom. The molecule has 0 saturated carbocycles. The van der Waals surface area contributed by atoms with Crippen LogP contribution in [0.5, 0.6) is 0 Å². The van der Waals surface area contributed by atoms with Gasteiger partial charge in [-0.25, -0.2) is 14.1 Å². The minimum absolute atomic E-state index is 0.174. The third kappa shape index (κ3) is 4.16. The van der Waals surface area contributed by atoms with Crippen LogP contribution in [0.3, 0.4) is 0 Å². The number of hydrogen-bond donors (Lipinski definition) is 1. The standard InChI is InChI=1S/C23H21FN4OS/c1-14-4-6-17(7-5-14)21-13-30-23(26-21)28-16(3)20(15(2)27-28)12-22(29)25-19-10-8-18(24)9-11-19/h4-11,13H,12H2,1-3H3,(H,25,29). The molecule has 0 fully saturated rings. The van der Waals surface area contributed by atoms with E-state index in [2.05, 4.69) is 41.6 Å². The minimum atomic E-state index is -0.339. The van der Waals surface area contributed by atoms with E-state index in [0.717, 1.165) is 33.3 Å². The van der Waals surface area contributed by atoms with Crippen molar-refractivity contribution in [1.82, 2.24) is 14.8 Å². The number of nitrogens with one attached hydrogen (secondary N) is 1. The fraction of sp³-hybridized carbons (Fsp3) is 0.174. The van der Waals surface area contributed by atoms with Gasteiger partial charge in [0.05, 0.1) is 17.8 Å². The van der Waals surface area contributed by atoms with Crippen LogP contribution in [0, 0.1) is 26.6 Å². The second kappa shape index (κ2) is 8.20. The first-order chi connectivity index (χ1) is 14.4. The van der Waals surface area contributed by atoms with Crippen LogP contribution in [-0.4, -0.2) is 20.7 Å². The molecule has 4 rings (SSSR count). The van der Waals surface area contributed by atoms with Crippen LogP contribution in [0.25, 0.3) is 16.4 Å². The molecule has 2 aromatic heterocycles. The third-order valence-corrected chi connectivity index (χ3v) is 5.74. The molecular weight excluding hydrogens is 399 g/mol. The molecule has 0 radical (unpaired) electrons. The maximum absolute atomic E-state index is 13.0. The molecule has 7 heteroatoms. The first-order valence-corrected chi connectivity index (χ1v) is 10.4. The van der Waals surface area contributed by atoms with E-state index >= 15 is 0 Å². The Labute approximate surface area is 178 Å². The molecule has 1 amide bonds. The Balaban J connectivity index is 1.54. The topological polar surface area (TPSA) is 59.8 Å². The summed E-state index contributed by atoms with van der Waals surface area (Å²) in [5.74, 6) is -0.513. The van der Waals surface area contributed by atoms with Gasteiger partial charge in [-0.3, -0.25) is 4.79 Å². The number of anilines is 1. The first-order valence-electron chi connectivity index (χ1n) is 9.54. The highest BCUT2D eigenvalue weighted by Gasteiger charge is 2.18. The van der Waals surface area contributed by atoms with Gasteiger partial charge in [-0.05, 0) is 45.0 Å². The molecule has 2 heterocycles. The van der Waals surface area contributed by atoms with Gasteiger partial charge < -0.3 is 5.32 Å². The lowest BCUT2D eigenvalue weighted by Crippen LogP contribution is -2.15. The zero-order valence-corrected chi connectivity index (χ0v) is 17.8. The summed E-state index contributed by atoms with van der Waals surface area (Å²) >= 11 is 1.51. The van der Waals surface area contributed by atoms with Crippen LogP contribution >= 0.6 is 11.3 Å². The average molecular weight is 421 g/mol. The zero-order chi connectivity index (χ0) is 21.3. The summed E-state index contributed by atoms with van der Waals surface area (Å²) in [5, 5.41) is 10.2. The first kappa shape index (κ1) is 20.0. The van der Waals surface area contributed by atoms with Gasteiger partial charge in [0.1, 0.15) is 5.82 Å². The predicted molar refractivity (Wildman–Crippen MR) is 118 cm³/mol. The van der Waals surface area contributed by atoms with Crippen LogP contribution in [-0.2, 0) is 11.2 Å². The van der Waals surface area contributed by atoms with Gasteiger partial charge >= 0.3 is 0 Å². The van der Waals surface area contributed by atoms with Crippen LogP contribution in [0.15, 0.2) is 53.9 Å². The molecule has 0 bridgehead atoms. The molecule has 0 atom stereocenters. The number of aromatic nitrogens is 3. The molecule has 4 aromatic rings. The van der Waals surface area contributed by atoms with E-state index in [4.69, 9.17) is 4.98 Å². The van der Waals surface area contributed by atoms with E-state index in [1.807, 2.05) is 19.2 Å². The van der Waals surface area contributed by atoms with Crippen molar-refractivity contribution in [3.8, 4) is 16.4 Å². The van der Waals surface area contributed by atoms with Gasteiger partial charge in [-0.2, -0.15) is 5.10 Å². The van der Waals surface area contributed by atoms with Crippen LogP contribution in [0.1, 0.15) is 22.5 Å². The van der Waals surface area contributed by atoms with Crippen LogP contribution in [0.4, 0.5) is 10.1 Å². The number of hydrogen-bond acceptors (Lipinski definition) is 4. The molecule has 1 N–H and O–H groups in total. The van der Waals surface area contributed by atoms with Crippen molar-refractivity contribution in [2.45, 2.75) is 27.2 Å². The molecule has 0 aliphatic heterocycles. The highest BCUT2D eigenvalue weighted by molar-refractivity contribution is 7.12. The monoisotopic (exact) mass is 420 g/mol. The molecule has 0 aliphatic carbocycles. The predicted octanol–water partition coefficient (Wildman–Crippen LogP) is 5.24. The average Bonchev–Trinajstić information content (AvgIpc) is 3.31. The lowest BCUT2D eigenvalue weighted by Gasteiger charge is -2.06. The van der Waals surface area contributed by atoms with E-state index in [1.54, 1.807) is 16.8 Å². The third-order valence-electron chi connectivity index (χ3n) is 4.93. The molecular formula is C23H21FN4OS. The van der Waals surface area contributed by atoms with E-state index in [1.165, 1.54) is 29.0 Å². The lowest BCUT2D eigenvalue weighted by molar-refractivity contribution is -0.115. The number of carbonyl (C=O) groups excluding carboxylic acids is 1. The highest BCUT2D eigenvalue weighted by Crippen LogP contribution is 2.26. The number of halogens is 1. The molecule has 0 spiro atoms. The van der Waals surface area contributed by atoms with Crippen molar-refractivity contribution in [2.24, 2.45) is 0 Å². The van der Waals surface area contributed by atoms with Crippen LogP contribution in [0.2, 0.25) is 0 Å². The van der Waals surface area contributed by atoms with E-state index < -0.39 is 0 Å². The van der Waals surface area contributed by atoms with Crippen molar-refractivity contribution < 1.29 is 9.18 Å². The van der Waals surface area contributed by atoms with Gasteiger partial charge in [-0.1, -0.05) is 29.8 Å². The fourth-order valence-electron chi connectivity index (χ4n) is 3.23. The van der Waals surface area contributed by atoms with Crippen molar-refractivity contribution >= 4 is 22.9 Å². The summed E-state index contributed by atoms with van der Waals surface area (Å²) in [6.07, 6.45) is 0.186. The zero-order valence-electron chi connectivity index (χ0n) is 16.9. The molecule has 152 valence electrons. The summed E-state index contributed by atoms with van der Waals surface area (Å²) < 4.78 is 14.8. The maximum Gasteiger partial charge on any atom is 0.228 e. The quantitative estimate of drug-likeness (QED) is 0.480. The summed E-state index contributed by atoms with van der Waals surface area (Å²) in [4.78, 5) is 17.2. The smallest absolute Gasteiger partial charge is 0.228 e. The van der Waals surface area contributed by atoms with E-state index in [0.29, 0.717) is 5.69 Å². The molecule has 2 aromatic carbocycles. The Hall–Kier alpha value is -3.32. The number of aryl methyl sites for hydroxylation is 2. The van der Waals surface area contributed by atoms with Crippen molar-refractivity contribution in [2.75, 3.05) is 5.32 Å². The lowest BCUT2D eigenvalue weighted by atomic mass is 10.1. The fourth-order valence-corrected chi connectivity index (χ4v) is 4.07. The molecule has 0 saturated heterocycles. The Morgan fingerprint density at radius 2 is 1.77 bits per heavy atom. The number of carbonyl (C=O) groups is 1. The van der Waals surface area contributed by atoms with Crippen molar-refractivity contribution in [3.63, 3.8) is 0 Å². The number of amides is 1. The Bertz CT molecular complexity index is 1190. The molecule has 5 nitrogen and oxygen atoms in total. The highest BCUT2D eigenvalue weighted by atomic mass is 32.1. The van der Waals surface area contributed by atoms with Crippen molar-refractivity contribution in [1.29, 1.82) is 0 Å². The molecule has 0 unspecified atom stereocenters. The van der Waals surface area contributed by atoms with Gasteiger partial charge in [0.15, 0.2) is 0 Å². The maximum atomic E-state index is 13.0. The van der Waals surface area contributed by atoms with Gasteiger partial charge in [0.25, 0.3) is 0 Å². The Morgan fingerprint density at radius 3 is 2.47 bits per heavy atom. The van der Waals surface area contributed by atoms with E-state index in [9.17, 15) is 9.18 Å². The van der Waals surface area contributed by atoms with Gasteiger partial charge in [0.2, 0.25) is 11.0 Å². The van der Waals surface area contributed by atoms with Gasteiger partial charge in [-0.15, -0.1) is 11.3 Å². The number of thiazole rings is 1. The molecule has 0 aliphatic rings. The summed E-state index contributed by atoms with van der Waals surface area (Å²) in [5.41, 5.74) is 6.26. The number of nitrogens with zero attached hydrogens (tertiary/aromatic N) is 3. The number of rotatable bonds is 5. The normalized spacial score (nSPS) is 10.9. The second-order valence-electron chi connectivity index (χ2n) is 7.17. The van der Waals surface area contributed by atoms with Crippen molar-refractivity contribution in [3.05, 3.63) is 82.2 Å². The second-order valence-corrected chi connectivity index (χ2v) is 8.01. The summed E-state index contributed by atoms with van der Waals surface area (Å²) in [6, 6.07) is 14.0. The number of benzene rings is 2. The minimum Gasteiger partial charge on any atom is -0.326 e. The molecule has 30 heavy (non-hydrogen) atoms. The Kier molecular flexibility index (Phi) is 5.46.